The number of alkyl halides is 2. The molecule has 1 fully saturated rings. The molecule has 1 amide bonds. The molecule has 25 heavy (non-hydrogen) atoms. The standard InChI is InChI=1S/C17H26F2N4O2/c1-3-17(20,4-2)10-21-15(24)13-9-22-23-14(13)11-6-5-7-12(8-11)25-16(18)19/h5-8,13-14,16,22-23H,3-4,9-10,20H2,1-2H3,(H,21,24). The molecule has 1 saturated heterocycles. The maximum Gasteiger partial charge on any atom is 0.387 e. The van der Waals surface area contributed by atoms with Crippen LogP contribution in [0, 0.1) is 5.92 Å². The van der Waals surface area contributed by atoms with Gasteiger partial charge < -0.3 is 15.8 Å². The highest BCUT2D eigenvalue weighted by molar-refractivity contribution is 5.80. The largest absolute Gasteiger partial charge is 0.435 e. The topological polar surface area (TPSA) is 88.4 Å². The SMILES string of the molecule is CCC(N)(CC)CNC(=O)C1CNNC1c1cccc(OC(F)F)c1. The van der Waals surface area contributed by atoms with E-state index >= 15 is 0 Å². The van der Waals surface area contributed by atoms with E-state index in [1.165, 1.54) is 12.1 Å². The molecular formula is C17H26F2N4O2. The minimum Gasteiger partial charge on any atom is -0.435 e. The number of carbonyl (C=O) groups excluding carboxylic acids is 1. The fraction of sp³-hybridized carbons (Fsp3) is 0.588. The van der Waals surface area contributed by atoms with Crippen molar-refractivity contribution in [1.29, 1.82) is 0 Å². The molecular weight excluding hydrogens is 330 g/mol. The van der Waals surface area contributed by atoms with Gasteiger partial charge in [0.05, 0.1) is 12.0 Å². The minimum atomic E-state index is -2.88. The van der Waals surface area contributed by atoms with Crippen LogP contribution >= 0.6 is 0 Å². The van der Waals surface area contributed by atoms with Crippen LogP contribution in [0.2, 0.25) is 0 Å². The van der Waals surface area contributed by atoms with E-state index in [0.717, 1.165) is 12.8 Å². The molecule has 0 spiro atoms. The van der Waals surface area contributed by atoms with Gasteiger partial charge in [-0.1, -0.05) is 26.0 Å². The van der Waals surface area contributed by atoms with Crippen LogP contribution in [0.15, 0.2) is 24.3 Å². The molecule has 0 saturated carbocycles. The van der Waals surface area contributed by atoms with Crippen molar-refractivity contribution >= 4 is 5.91 Å². The van der Waals surface area contributed by atoms with Gasteiger partial charge >= 0.3 is 6.61 Å². The van der Waals surface area contributed by atoms with Crippen LogP contribution in [0.25, 0.3) is 0 Å². The first kappa shape index (κ1) is 19.6. The lowest BCUT2D eigenvalue weighted by Gasteiger charge is -2.28. The summed E-state index contributed by atoms with van der Waals surface area (Å²) in [5, 5.41) is 2.92. The zero-order valence-corrected chi connectivity index (χ0v) is 14.5. The Bertz CT molecular complexity index is 582. The lowest BCUT2D eigenvalue weighted by molar-refractivity contribution is -0.125. The summed E-state index contributed by atoms with van der Waals surface area (Å²) in [4.78, 5) is 12.6. The van der Waals surface area contributed by atoms with Crippen LogP contribution in [0.4, 0.5) is 8.78 Å². The maximum atomic E-state index is 12.6. The van der Waals surface area contributed by atoms with Crippen LogP contribution in [-0.4, -0.2) is 31.1 Å². The van der Waals surface area contributed by atoms with Crippen molar-refractivity contribution in [3.63, 3.8) is 0 Å². The lowest BCUT2D eigenvalue weighted by Crippen LogP contribution is -2.50. The van der Waals surface area contributed by atoms with Crippen LogP contribution < -0.4 is 26.6 Å². The third-order valence-corrected chi connectivity index (χ3v) is 4.78. The number of hydrazine groups is 1. The summed E-state index contributed by atoms with van der Waals surface area (Å²) >= 11 is 0. The molecule has 8 heteroatoms. The Balaban J connectivity index is 2.05. The zero-order chi connectivity index (χ0) is 18.4. The van der Waals surface area contributed by atoms with Crippen molar-refractivity contribution in [2.75, 3.05) is 13.1 Å². The Labute approximate surface area is 146 Å². The van der Waals surface area contributed by atoms with E-state index in [9.17, 15) is 13.6 Å². The van der Waals surface area contributed by atoms with Gasteiger partial charge in [-0.25, -0.2) is 5.43 Å². The van der Waals surface area contributed by atoms with E-state index in [-0.39, 0.29) is 23.6 Å². The highest BCUT2D eigenvalue weighted by atomic mass is 19.3. The van der Waals surface area contributed by atoms with Crippen molar-refractivity contribution in [1.82, 2.24) is 16.2 Å². The second-order valence-electron chi connectivity index (χ2n) is 6.35. The molecule has 6 nitrogen and oxygen atoms in total. The predicted molar refractivity (Wildman–Crippen MR) is 91.0 cm³/mol. The Hall–Kier alpha value is -1.77. The summed E-state index contributed by atoms with van der Waals surface area (Å²) in [5.41, 5.74) is 12.5. The van der Waals surface area contributed by atoms with Crippen LogP contribution in [0.5, 0.6) is 5.75 Å². The number of amides is 1. The number of nitrogens with one attached hydrogen (secondary N) is 3. The highest BCUT2D eigenvalue weighted by Crippen LogP contribution is 2.28. The minimum absolute atomic E-state index is 0.0679. The van der Waals surface area contributed by atoms with Crippen molar-refractivity contribution in [3.8, 4) is 5.75 Å². The molecule has 2 atom stereocenters. The summed E-state index contributed by atoms with van der Waals surface area (Å²) < 4.78 is 29.2. The molecule has 0 bridgehead atoms. The Morgan fingerprint density at radius 1 is 1.44 bits per heavy atom. The summed E-state index contributed by atoms with van der Waals surface area (Å²) in [6.45, 7) is 1.94. The van der Waals surface area contributed by atoms with Crippen LogP contribution in [0.3, 0.4) is 0 Å². The average molecular weight is 356 g/mol. The molecule has 5 N–H and O–H groups in total. The van der Waals surface area contributed by atoms with E-state index in [1.54, 1.807) is 12.1 Å². The molecule has 0 radical (unpaired) electrons. The Kier molecular flexibility index (Phi) is 6.69. The molecule has 0 aliphatic carbocycles. The summed E-state index contributed by atoms with van der Waals surface area (Å²) in [6, 6.07) is 6.04. The number of carbonyl (C=O) groups is 1. The fourth-order valence-electron chi connectivity index (χ4n) is 2.84. The molecule has 0 aromatic heterocycles. The molecule has 1 aromatic rings. The average Bonchev–Trinajstić information content (AvgIpc) is 3.09. The molecule has 1 aliphatic rings. The third-order valence-electron chi connectivity index (χ3n) is 4.78. The maximum absolute atomic E-state index is 12.6. The normalized spacial score (nSPS) is 20.7. The fourth-order valence-corrected chi connectivity index (χ4v) is 2.84. The molecule has 1 aliphatic heterocycles. The van der Waals surface area contributed by atoms with E-state index in [1.807, 2.05) is 13.8 Å². The van der Waals surface area contributed by atoms with Gasteiger partial charge in [0.2, 0.25) is 5.91 Å². The first-order valence-corrected chi connectivity index (χ1v) is 8.48. The second kappa shape index (κ2) is 8.55. The summed E-state index contributed by atoms with van der Waals surface area (Å²) in [7, 11) is 0. The van der Waals surface area contributed by atoms with Gasteiger partial charge in [0.1, 0.15) is 5.75 Å². The quantitative estimate of drug-likeness (QED) is 0.569. The van der Waals surface area contributed by atoms with Crippen molar-refractivity contribution in [2.45, 2.75) is 44.9 Å². The lowest BCUT2D eigenvalue weighted by atomic mass is 9.92. The van der Waals surface area contributed by atoms with Crippen molar-refractivity contribution in [3.05, 3.63) is 29.8 Å². The summed E-state index contributed by atoms with van der Waals surface area (Å²) in [6.07, 6.45) is 1.53. The van der Waals surface area contributed by atoms with E-state index in [2.05, 4.69) is 20.9 Å². The van der Waals surface area contributed by atoms with Crippen LogP contribution in [-0.2, 0) is 4.79 Å². The van der Waals surface area contributed by atoms with Gasteiger partial charge in [-0.3, -0.25) is 10.2 Å². The molecule has 1 aromatic carbocycles. The monoisotopic (exact) mass is 356 g/mol. The first-order chi connectivity index (χ1) is 11.9. The third kappa shape index (κ3) is 5.10. The van der Waals surface area contributed by atoms with Gasteiger partial charge in [-0.15, -0.1) is 0 Å². The van der Waals surface area contributed by atoms with E-state index < -0.39 is 12.2 Å². The van der Waals surface area contributed by atoms with Crippen molar-refractivity contribution in [2.24, 2.45) is 11.7 Å². The predicted octanol–water partition coefficient (Wildman–Crippen LogP) is 1.69. The number of halogens is 2. The van der Waals surface area contributed by atoms with E-state index in [0.29, 0.717) is 18.7 Å². The number of rotatable bonds is 8. The van der Waals surface area contributed by atoms with Gasteiger partial charge in [-0.05, 0) is 30.5 Å². The smallest absolute Gasteiger partial charge is 0.387 e. The first-order valence-electron chi connectivity index (χ1n) is 8.48. The number of benzene rings is 1. The molecule has 2 unspecified atom stereocenters. The van der Waals surface area contributed by atoms with Crippen LogP contribution in [0.1, 0.15) is 38.3 Å². The van der Waals surface area contributed by atoms with Gasteiger partial charge in [0.25, 0.3) is 0 Å². The van der Waals surface area contributed by atoms with Crippen molar-refractivity contribution < 1.29 is 18.3 Å². The van der Waals surface area contributed by atoms with Gasteiger partial charge in [0, 0.05) is 18.6 Å². The number of hydrogen-bond acceptors (Lipinski definition) is 5. The number of hydrogen-bond donors (Lipinski definition) is 4. The highest BCUT2D eigenvalue weighted by Gasteiger charge is 2.35. The number of nitrogens with two attached hydrogens (primary N) is 1. The summed E-state index contributed by atoms with van der Waals surface area (Å²) in [5.74, 6) is -0.433. The molecule has 140 valence electrons. The van der Waals surface area contributed by atoms with Gasteiger partial charge in [0.15, 0.2) is 0 Å². The zero-order valence-electron chi connectivity index (χ0n) is 14.5. The van der Waals surface area contributed by atoms with E-state index in [4.69, 9.17) is 5.73 Å². The Morgan fingerprint density at radius 2 is 2.16 bits per heavy atom. The molecule has 1 heterocycles. The van der Waals surface area contributed by atoms with Gasteiger partial charge in [-0.2, -0.15) is 8.78 Å². The number of ether oxygens (including phenoxy) is 1. The molecule has 2 rings (SSSR count). The second-order valence-corrected chi connectivity index (χ2v) is 6.35. The Morgan fingerprint density at radius 3 is 2.80 bits per heavy atom.